The molecule has 14 heavy (non-hydrogen) atoms. The van der Waals surface area contributed by atoms with Gasteiger partial charge in [-0.05, 0) is 26.3 Å². The molecule has 0 aromatic heterocycles. The van der Waals surface area contributed by atoms with Crippen LogP contribution in [0.2, 0.25) is 0 Å². The van der Waals surface area contributed by atoms with Gasteiger partial charge in [0.2, 0.25) is 0 Å². The Bertz CT molecular complexity index is 223. The van der Waals surface area contributed by atoms with Gasteiger partial charge in [0.15, 0.2) is 0 Å². The zero-order valence-electron chi connectivity index (χ0n) is 8.84. The van der Waals surface area contributed by atoms with Crippen LogP contribution in [0.15, 0.2) is 0 Å². The first-order valence-corrected chi connectivity index (χ1v) is 4.92. The summed E-state index contributed by atoms with van der Waals surface area (Å²) in [5.74, 6) is -0.823. The topological polar surface area (TPSA) is 73.1 Å². The molecule has 1 unspecified atom stereocenters. The average molecular weight is 198 g/mol. The summed E-state index contributed by atoms with van der Waals surface area (Å²) < 4.78 is 0. The van der Waals surface area contributed by atoms with Gasteiger partial charge >= 0.3 is 5.97 Å². The van der Waals surface area contributed by atoms with Crippen molar-refractivity contribution < 1.29 is 9.90 Å². The number of hydrogen-bond donors (Lipinski definition) is 2. The number of nitriles is 1. The minimum Gasteiger partial charge on any atom is -0.480 e. The molecule has 0 aliphatic heterocycles. The predicted molar refractivity (Wildman–Crippen MR) is 53.8 cm³/mol. The van der Waals surface area contributed by atoms with E-state index in [1.807, 2.05) is 13.0 Å². The number of rotatable bonds is 7. The van der Waals surface area contributed by atoms with Gasteiger partial charge in [0.1, 0.15) is 5.54 Å². The number of carboxylic acids is 1. The number of hydrogen-bond acceptors (Lipinski definition) is 3. The Morgan fingerprint density at radius 2 is 2.29 bits per heavy atom. The Morgan fingerprint density at radius 1 is 1.64 bits per heavy atom. The van der Waals surface area contributed by atoms with Gasteiger partial charge in [-0.2, -0.15) is 5.26 Å². The van der Waals surface area contributed by atoms with Crippen LogP contribution in [-0.4, -0.2) is 23.2 Å². The molecule has 0 aromatic carbocycles. The van der Waals surface area contributed by atoms with Gasteiger partial charge < -0.3 is 10.4 Å². The van der Waals surface area contributed by atoms with Crippen LogP contribution in [0.3, 0.4) is 0 Å². The number of nitrogens with zero attached hydrogens (tertiary/aromatic N) is 1. The average Bonchev–Trinajstić information content (AvgIpc) is 2.13. The Labute approximate surface area is 84.9 Å². The second-order valence-electron chi connectivity index (χ2n) is 3.58. The third-order valence-electron chi connectivity index (χ3n) is 2.20. The van der Waals surface area contributed by atoms with Crippen molar-refractivity contribution in [3.63, 3.8) is 0 Å². The molecule has 2 N–H and O–H groups in total. The molecule has 0 fully saturated rings. The first-order valence-electron chi connectivity index (χ1n) is 4.92. The first kappa shape index (κ1) is 12.9. The summed E-state index contributed by atoms with van der Waals surface area (Å²) in [6.07, 6.45) is 2.60. The highest BCUT2D eigenvalue weighted by atomic mass is 16.4. The van der Waals surface area contributed by atoms with E-state index in [1.165, 1.54) is 0 Å². The maximum Gasteiger partial charge on any atom is 0.323 e. The molecule has 0 amide bonds. The van der Waals surface area contributed by atoms with Crippen molar-refractivity contribution in [2.45, 2.75) is 45.1 Å². The van der Waals surface area contributed by atoms with E-state index < -0.39 is 11.5 Å². The Morgan fingerprint density at radius 3 is 2.71 bits per heavy atom. The molecule has 0 saturated carbocycles. The Kier molecular flexibility index (Phi) is 5.89. The zero-order valence-corrected chi connectivity index (χ0v) is 8.84. The van der Waals surface area contributed by atoms with E-state index in [0.717, 1.165) is 6.42 Å². The van der Waals surface area contributed by atoms with Crippen molar-refractivity contribution in [3.8, 4) is 6.07 Å². The number of aliphatic carboxylic acids is 1. The molecular formula is C10H18N2O2. The summed E-state index contributed by atoms with van der Waals surface area (Å²) in [5, 5.41) is 20.3. The minimum absolute atomic E-state index is 0.467. The maximum atomic E-state index is 10.9. The standard InChI is InChI=1S/C10H18N2O2/c1-3-6-10(2,9(13)14)12-8-5-4-7-11/h12H,3-6,8H2,1-2H3,(H,13,14). The normalized spacial score (nSPS) is 14.4. The Balaban J connectivity index is 3.98. The monoisotopic (exact) mass is 198 g/mol. The lowest BCUT2D eigenvalue weighted by molar-refractivity contribution is -0.144. The molecule has 0 radical (unpaired) electrons. The first-order chi connectivity index (χ1) is 6.56. The second kappa shape index (κ2) is 6.39. The quantitative estimate of drug-likeness (QED) is 0.608. The zero-order chi connectivity index (χ0) is 11.0. The lowest BCUT2D eigenvalue weighted by Gasteiger charge is -2.25. The third-order valence-corrected chi connectivity index (χ3v) is 2.20. The molecule has 4 nitrogen and oxygen atoms in total. The number of carboxylic acid groups (broad SMARTS) is 1. The molecule has 0 aromatic rings. The van der Waals surface area contributed by atoms with E-state index in [1.54, 1.807) is 6.92 Å². The van der Waals surface area contributed by atoms with E-state index >= 15 is 0 Å². The summed E-state index contributed by atoms with van der Waals surface area (Å²) in [5.41, 5.74) is -0.843. The molecule has 0 aliphatic rings. The van der Waals surface area contributed by atoms with E-state index in [9.17, 15) is 4.79 Å². The summed E-state index contributed by atoms with van der Waals surface area (Å²) in [7, 11) is 0. The van der Waals surface area contributed by atoms with Crippen LogP contribution >= 0.6 is 0 Å². The van der Waals surface area contributed by atoms with Crippen molar-refractivity contribution in [1.82, 2.24) is 5.32 Å². The summed E-state index contributed by atoms with van der Waals surface area (Å²) in [4.78, 5) is 10.9. The SMILES string of the molecule is CCCC(C)(NCCCC#N)C(=O)O. The van der Waals surface area contributed by atoms with E-state index in [0.29, 0.717) is 25.8 Å². The third kappa shape index (κ3) is 4.24. The van der Waals surface area contributed by atoms with Crippen LogP contribution in [0, 0.1) is 11.3 Å². The number of unbranched alkanes of at least 4 members (excludes halogenated alkanes) is 1. The smallest absolute Gasteiger partial charge is 0.323 e. The van der Waals surface area contributed by atoms with E-state index in [4.69, 9.17) is 10.4 Å². The number of carbonyl (C=O) groups is 1. The van der Waals surface area contributed by atoms with Crippen molar-refractivity contribution in [3.05, 3.63) is 0 Å². The molecule has 0 heterocycles. The van der Waals surface area contributed by atoms with E-state index in [-0.39, 0.29) is 0 Å². The minimum atomic E-state index is -0.843. The molecule has 4 heteroatoms. The molecule has 1 atom stereocenters. The van der Waals surface area contributed by atoms with Gasteiger partial charge in [-0.15, -0.1) is 0 Å². The van der Waals surface area contributed by atoms with Crippen molar-refractivity contribution in [1.29, 1.82) is 5.26 Å². The second-order valence-corrected chi connectivity index (χ2v) is 3.58. The van der Waals surface area contributed by atoms with Gasteiger partial charge in [0.25, 0.3) is 0 Å². The molecule has 0 rings (SSSR count). The molecule has 80 valence electrons. The summed E-state index contributed by atoms with van der Waals surface area (Å²) >= 11 is 0. The van der Waals surface area contributed by atoms with Crippen LogP contribution in [0.1, 0.15) is 39.5 Å². The maximum absolute atomic E-state index is 10.9. The molecule has 0 saturated heterocycles. The number of nitrogens with one attached hydrogen (secondary N) is 1. The summed E-state index contributed by atoms with van der Waals surface area (Å²) in [6, 6.07) is 2.03. The fourth-order valence-electron chi connectivity index (χ4n) is 1.30. The molecule has 0 spiro atoms. The van der Waals surface area contributed by atoms with Crippen molar-refractivity contribution in [2.75, 3.05) is 6.54 Å². The molecule has 0 aliphatic carbocycles. The van der Waals surface area contributed by atoms with Gasteiger partial charge in [-0.1, -0.05) is 13.3 Å². The van der Waals surface area contributed by atoms with Crippen LogP contribution in [-0.2, 0) is 4.79 Å². The van der Waals surface area contributed by atoms with Gasteiger partial charge in [0.05, 0.1) is 6.07 Å². The largest absolute Gasteiger partial charge is 0.480 e. The van der Waals surface area contributed by atoms with Crippen LogP contribution in [0.25, 0.3) is 0 Å². The van der Waals surface area contributed by atoms with Crippen LogP contribution in [0.5, 0.6) is 0 Å². The highest BCUT2D eigenvalue weighted by Crippen LogP contribution is 2.12. The van der Waals surface area contributed by atoms with Crippen molar-refractivity contribution in [2.24, 2.45) is 0 Å². The van der Waals surface area contributed by atoms with Gasteiger partial charge in [-0.25, -0.2) is 0 Å². The fraction of sp³-hybridized carbons (Fsp3) is 0.800. The molecular weight excluding hydrogens is 180 g/mol. The Hall–Kier alpha value is -1.08. The highest BCUT2D eigenvalue weighted by Gasteiger charge is 2.30. The predicted octanol–water partition coefficient (Wildman–Crippen LogP) is 1.52. The van der Waals surface area contributed by atoms with Crippen LogP contribution < -0.4 is 5.32 Å². The van der Waals surface area contributed by atoms with Crippen molar-refractivity contribution >= 4 is 5.97 Å². The van der Waals surface area contributed by atoms with Gasteiger partial charge in [-0.3, -0.25) is 4.79 Å². The highest BCUT2D eigenvalue weighted by molar-refractivity contribution is 5.78. The lowest BCUT2D eigenvalue weighted by atomic mass is 9.96. The lowest BCUT2D eigenvalue weighted by Crippen LogP contribution is -2.49. The van der Waals surface area contributed by atoms with E-state index in [2.05, 4.69) is 5.32 Å². The fourth-order valence-corrected chi connectivity index (χ4v) is 1.30. The molecule has 0 bridgehead atoms. The van der Waals surface area contributed by atoms with Gasteiger partial charge in [0, 0.05) is 6.42 Å². The summed E-state index contributed by atoms with van der Waals surface area (Å²) in [6.45, 7) is 4.22. The van der Waals surface area contributed by atoms with Crippen LogP contribution in [0.4, 0.5) is 0 Å².